The van der Waals surface area contributed by atoms with Gasteiger partial charge in [0.05, 0.1) is 6.04 Å². The van der Waals surface area contributed by atoms with Crippen molar-refractivity contribution in [2.45, 2.75) is 41.4 Å². The molecule has 0 aromatic heterocycles. The first kappa shape index (κ1) is 13.4. The third-order valence-electron chi connectivity index (χ3n) is 3.44. The number of piperidine rings is 1. The zero-order valence-corrected chi connectivity index (χ0v) is 9.63. The van der Waals surface area contributed by atoms with Crippen molar-refractivity contribution in [3.05, 3.63) is 0 Å². The molecule has 0 unspecified atom stereocenters. The van der Waals surface area contributed by atoms with Crippen LogP contribution in [-0.4, -0.2) is 34.9 Å². The van der Waals surface area contributed by atoms with Gasteiger partial charge in [-0.1, -0.05) is 15.9 Å². The van der Waals surface area contributed by atoms with Gasteiger partial charge in [-0.3, -0.25) is 5.32 Å². The van der Waals surface area contributed by atoms with E-state index in [9.17, 15) is 30.7 Å². The molecule has 0 spiro atoms. The number of fused-ring (bicyclic) bond motifs is 2. The van der Waals surface area contributed by atoms with Gasteiger partial charge in [-0.25, -0.2) is 4.39 Å². The summed E-state index contributed by atoms with van der Waals surface area (Å²) in [5.74, 6) is -1.87. The first-order valence-electron chi connectivity index (χ1n) is 4.71. The van der Waals surface area contributed by atoms with Crippen molar-refractivity contribution in [2.75, 3.05) is 0 Å². The van der Waals surface area contributed by atoms with Gasteiger partial charge in [0.15, 0.2) is 0 Å². The van der Waals surface area contributed by atoms with Crippen LogP contribution in [0.15, 0.2) is 0 Å². The average Bonchev–Trinajstić information content (AvgIpc) is 2.53. The molecule has 4 atom stereocenters. The number of hydrogen-bond donors (Lipinski definition) is 1. The fourth-order valence-corrected chi connectivity index (χ4v) is 3.75. The molecule has 1 saturated carbocycles. The summed E-state index contributed by atoms with van der Waals surface area (Å²) in [5, 5.41) is 1.41. The minimum atomic E-state index is -5.50. The lowest BCUT2D eigenvalue weighted by atomic mass is 9.82. The van der Waals surface area contributed by atoms with Crippen LogP contribution in [0.1, 0.15) is 6.42 Å². The van der Waals surface area contributed by atoms with E-state index in [1.54, 1.807) is 0 Å². The van der Waals surface area contributed by atoms with E-state index in [2.05, 4.69) is 15.9 Å². The quantitative estimate of drug-likeness (QED) is 0.532. The van der Waals surface area contributed by atoms with Crippen LogP contribution in [0, 0.1) is 5.92 Å². The number of rotatable bonds is 0. The van der Waals surface area contributed by atoms with Crippen molar-refractivity contribution in [1.82, 2.24) is 5.32 Å². The Morgan fingerprint density at radius 1 is 1.06 bits per heavy atom. The maximum absolute atomic E-state index is 13.2. The van der Waals surface area contributed by atoms with Gasteiger partial charge in [0, 0.05) is 10.7 Å². The molecule has 1 saturated heterocycles. The summed E-state index contributed by atoms with van der Waals surface area (Å²) in [5.41, 5.74) is -4.00. The molecule has 17 heavy (non-hydrogen) atoms. The van der Waals surface area contributed by atoms with E-state index in [1.807, 2.05) is 0 Å². The highest BCUT2D eigenvalue weighted by Crippen LogP contribution is 2.59. The van der Waals surface area contributed by atoms with Crippen molar-refractivity contribution in [1.29, 1.82) is 0 Å². The van der Waals surface area contributed by atoms with Gasteiger partial charge in [0.25, 0.3) is 0 Å². The molecule has 9 heteroatoms. The first-order chi connectivity index (χ1) is 7.52. The Morgan fingerprint density at radius 3 is 1.76 bits per heavy atom. The Bertz CT molecular complexity index is 311. The maximum atomic E-state index is 13.2. The van der Waals surface area contributed by atoms with Gasteiger partial charge >= 0.3 is 12.4 Å². The summed E-state index contributed by atoms with van der Waals surface area (Å²) in [6, 6.07) is -1.46. The molecule has 0 aromatic rings. The van der Waals surface area contributed by atoms with E-state index in [0.717, 1.165) is 0 Å². The van der Waals surface area contributed by atoms with Crippen LogP contribution in [0.2, 0.25) is 0 Å². The minimum Gasteiger partial charge on any atom is -0.289 e. The topological polar surface area (TPSA) is 12.0 Å². The Labute approximate surface area is 99.9 Å². The second kappa shape index (κ2) is 3.49. The third-order valence-corrected chi connectivity index (χ3v) is 4.65. The monoisotopic (exact) mass is 329 g/mol. The van der Waals surface area contributed by atoms with Crippen LogP contribution in [0.25, 0.3) is 0 Å². The zero-order valence-electron chi connectivity index (χ0n) is 8.04. The highest BCUT2D eigenvalue weighted by Gasteiger charge is 2.81. The van der Waals surface area contributed by atoms with Crippen LogP contribution in [-0.2, 0) is 0 Å². The molecule has 1 aliphatic heterocycles. The van der Waals surface area contributed by atoms with Crippen LogP contribution in [0.3, 0.4) is 0 Å². The van der Waals surface area contributed by atoms with Crippen molar-refractivity contribution in [3.8, 4) is 0 Å². The van der Waals surface area contributed by atoms with E-state index in [-0.39, 0.29) is 0 Å². The van der Waals surface area contributed by atoms with Crippen LogP contribution in [0.5, 0.6) is 0 Å². The maximum Gasteiger partial charge on any atom is 0.415 e. The Balaban J connectivity index is 2.48. The molecule has 0 amide bonds. The molecule has 2 fully saturated rings. The molecule has 1 aliphatic carbocycles. The molecule has 1 nitrogen and oxygen atoms in total. The summed E-state index contributed by atoms with van der Waals surface area (Å²) in [4.78, 5) is -1.17. The molecule has 2 bridgehead atoms. The molecule has 2 rings (SSSR count). The average molecular weight is 330 g/mol. The van der Waals surface area contributed by atoms with Crippen molar-refractivity contribution >= 4 is 15.9 Å². The smallest absolute Gasteiger partial charge is 0.289 e. The molecule has 100 valence electrons. The van der Waals surface area contributed by atoms with Crippen LogP contribution < -0.4 is 5.32 Å². The van der Waals surface area contributed by atoms with Crippen LogP contribution >= 0.6 is 15.9 Å². The fourth-order valence-electron chi connectivity index (χ4n) is 2.67. The highest BCUT2D eigenvalue weighted by molar-refractivity contribution is 9.09. The molecule has 0 aromatic carbocycles. The predicted molar refractivity (Wildman–Crippen MR) is 47.5 cm³/mol. The van der Waals surface area contributed by atoms with E-state index in [4.69, 9.17) is 0 Å². The van der Waals surface area contributed by atoms with Gasteiger partial charge in [-0.15, -0.1) is 0 Å². The second-order valence-electron chi connectivity index (χ2n) is 4.28. The number of hydrogen-bond acceptors (Lipinski definition) is 1. The van der Waals surface area contributed by atoms with Gasteiger partial charge < -0.3 is 0 Å². The Kier molecular flexibility index (Phi) is 2.75. The molecular formula is C8H7BrF7N. The minimum absolute atomic E-state index is 0.743. The van der Waals surface area contributed by atoms with Gasteiger partial charge in [-0.05, 0) is 6.42 Å². The van der Waals surface area contributed by atoms with Gasteiger partial charge in [0.1, 0.15) is 6.17 Å². The number of halogens is 8. The largest absolute Gasteiger partial charge is 0.415 e. The lowest BCUT2D eigenvalue weighted by Gasteiger charge is -2.41. The molecular weight excluding hydrogens is 323 g/mol. The SMILES string of the molecule is F[C@@H]1C[C@H]2[C@H](Br)[C@@H]1NC2(C(F)(F)F)C(F)(F)F. The first-order valence-corrected chi connectivity index (χ1v) is 5.63. The summed E-state index contributed by atoms with van der Waals surface area (Å²) in [6.45, 7) is 0. The molecule has 2 aliphatic rings. The summed E-state index contributed by atoms with van der Waals surface area (Å²) >= 11 is 2.73. The van der Waals surface area contributed by atoms with E-state index in [1.165, 1.54) is 5.32 Å². The van der Waals surface area contributed by atoms with E-state index in [0.29, 0.717) is 0 Å². The van der Waals surface area contributed by atoms with Crippen LogP contribution in [0.4, 0.5) is 30.7 Å². The summed E-state index contributed by atoms with van der Waals surface area (Å²) in [7, 11) is 0. The fraction of sp³-hybridized carbons (Fsp3) is 1.00. The molecule has 0 radical (unpaired) electrons. The summed E-state index contributed by atoms with van der Waals surface area (Å²) < 4.78 is 89.6. The van der Waals surface area contributed by atoms with Gasteiger partial charge in [0.2, 0.25) is 5.54 Å². The summed E-state index contributed by atoms with van der Waals surface area (Å²) in [6.07, 6.45) is -13.4. The number of alkyl halides is 8. The van der Waals surface area contributed by atoms with Gasteiger partial charge in [-0.2, -0.15) is 26.3 Å². The van der Waals surface area contributed by atoms with Crippen molar-refractivity contribution < 1.29 is 30.7 Å². The third kappa shape index (κ3) is 1.54. The highest BCUT2D eigenvalue weighted by atomic mass is 79.9. The lowest BCUT2D eigenvalue weighted by molar-refractivity contribution is -0.319. The van der Waals surface area contributed by atoms with E-state index >= 15 is 0 Å². The van der Waals surface area contributed by atoms with Crippen molar-refractivity contribution in [2.24, 2.45) is 5.92 Å². The van der Waals surface area contributed by atoms with E-state index < -0.39 is 47.3 Å². The normalized spacial score (nSPS) is 40.9. The Morgan fingerprint density at radius 2 is 1.53 bits per heavy atom. The second-order valence-corrected chi connectivity index (χ2v) is 5.33. The molecule has 1 heterocycles. The predicted octanol–water partition coefficient (Wildman–Crippen LogP) is 2.94. The standard InChI is InChI=1S/C8H7BrF7N/c9-4-2-1-3(10)5(4)17-6(2,7(11,12)13)8(14,15)16/h2-5,17H,1H2/t2-,3+,4-,5+/m0/s1. The number of nitrogens with one attached hydrogen (secondary N) is 1. The Hall–Kier alpha value is -0.0500. The lowest BCUT2D eigenvalue weighted by Crippen LogP contribution is -2.70. The van der Waals surface area contributed by atoms with Crippen molar-refractivity contribution in [3.63, 3.8) is 0 Å². The zero-order chi connectivity index (χ0) is 13.2. The molecule has 1 N–H and O–H groups in total.